The molecule has 0 fully saturated rings. The van der Waals surface area contributed by atoms with Gasteiger partial charge in [-0.2, -0.15) is 0 Å². The summed E-state index contributed by atoms with van der Waals surface area (Å²) >= 11 is -1.89. The number of hydrogen-bond donors (Lipinski definition) is 0. The first-order valence-corrected chi connectivity index (χ1v) is 29.7. The number of aromatic nitrogens is 5. The molecule has 329 valence electrons. The van der Waals surface area contributed by atoms with E-state index >= 15 is 0 Å². The number of nitrogens with zero attached hydrogens (tertiary/aromatic N) is 5. The van der Waals surface area contributed by atoms with Gasteiger partial charge in [-0.25, -0.2) is 0 Å². The first-order valence-electron chi connectivity index (χ1n) is 22.4. The Balaban J connectivity index is 0.000000227. The van der Waals surface area contributed by atoms with Gasteiger partial charge < -0.3 is 8.98 Å². The van der Waals surface area contributed by atoms with Crippen molar-refractivity contribution >= 4 is 50.8 Å². The van der Waals surface area contributed by atoms with Crippen LogP contribution in [0.1, 0.15) is 75.7 Å². The molecule has 5 aromatic heterocycles. The molecule has 0 atom stereocenters. The number of fused-ring (bicyclic) bond motifs is 4. The van der Waals surface area contributed by atoms with Crippen LogP contribution in [0.15, 0.2) is 120 Å². The monoisotopic (exact) mass is 1080 g/mol. The molecular weight excluding hydrogens is 1020 g/mol. The van der Waals surface area contributed by atoms with Crippen molar-refractivity contribution in [2.75, 3.05) is 0 Å². The maximum atomic E-state index is 6.45. The van der Waals surface area contributed by atoms with E-state index in [0.717, 1.165) is 95.6 Å². The van der Waals surface area contributed by atoms with Crippen molar-refractivity contribution in [3.8, 4) is 39.5 Å². The Morgan fingerprint density at radius 3 is 2.19 bits per heavy atom. The third kappa shape index (κ3) is 9.59. The minimum absolute atomic E-state index is 0. The Morgan fingerprint density at radius 1 is 0.750 bits per heavy atom. The van der Waals surface area contributed by atoms with Crippen molar-refractivity contribution in [1.29, 1.82) is 0 Å². The summed E-state index contributed by atoms with van der Waals surface area (Å²) in [7, 11) is 0. The van der Waals surface area contributed by atoms with Gasteiger partial charge in [0.2, 0.25) is 0 Å². The number of rotatable bonds is 9. The van der Waals surface area contributed by atoms with Crippen molar-refractivity contribution in [2.45, 2.75) is 97.3 Å². The number of benzene rings is 4. The number of furan rings is 1. The van der Waals surface area contributed by atoms with Gasteiger partial charge in [0.15, 0.2) is 0 Å². The molecule has 0 aliphatic heterocycles. The molecule has 0 aliphatic rings. The van der Waals surface area contributed by atoms with Crippen LogP contribution in [0.25, 0.3) is 72.6 Å². The van der Waals surface area contributed by atoms with Gasteiger partial charge in [0.25, 0.3) is 0 Å². The summed E-state index contributed by atoms with van der Waals surface area (Å²) < 4.78 is 10.3. The summed E-state index contributed by atoms with van der Waals surface area (Å²) in [6.07, 6.45) is 5.85. The first kappa shape index (κ1) is 46.8. The molecule has 0 saturated heterocycles. The maximum absolute atomic E-state index is 6.45. The molecule has 5 heterocycles. The van der Waals surface area contributed by atoms with Crippen LogP contribution in [-0.2, 0) is 31.9 Å². The summed E-state index contributed by atoms with van der Waals surface area (Å²) in [5.41, 5.74) is 16.1. The van der Waals surface area contributed by atoms with Crippen LogP contribution in [0.4, 0.5) is 0 Å². The van der Waals surface area contributed by atoms with Gasteiger partial charge in [0.05, 0.1) is 33.7 Å². The Labute approximate surface area is 395 Å². The minimum atomic E-state index is -1.89. The van der Waals surface area contributed by atoms with Gasteiger partial charge in [-0.1, -0.05) is 62.7 Å². The predicted molar refractivity (Wildman–Crippen MR) is 266 cm³/mol. The molecule has 0 aliphatic carbocycles. The molecule has 0 bridgehead atoms. The molecule has 9 rings (SSSR count). The van der Waals surface area contributed by atoms with E-state index in [1.54, 1.807) is 4.40 Å². The second kappa shape index (κ2) is 19.1. The van der Waals surface area contributed by atoms with Crippen molar-refractivity contribution in [1.82, 2.24) is 24.5 Å². The molecular formula is C56H59GeIrN5O-2. The summed E-state index contributed by atoms with van der Waals surface area (Å²) in [6.45, 7) is 17.4. The van der Waals surface area contributed by atoms with Crippen LogP contribution < -0.4 is 4.40 Å². The van der Waals surface area contributed by atoms with Crippen molar-refractivity contribution < 1.29 is 24.5 Å². The van der Waals surface area contributed by atoms with Crippen molar-refractivity contribution in [3.05, 3.63) is 156 Å². The minimum Gasteiger partial charge on any atom is -0.499 e. The summed E-state index contributed by atoms with van der Waals surface area (Å²) in [5, 5.41) is 0.952. The Bertz CT molecular complexity index is 3060. The van der Waals surface area contributed by atoms with E-state index in [-0.39, 0.29) is 25.5 Å². The Kier molecular flexibility index (Phi) is 14.0. The molecule has 1 radical (unpaired) electrons. The standard InChI is InChI=1S/C36H31N4O.C20H28GeN.Ir/c1-21-15-18-31-33(38-21)26-13-10-14-27(34(26)41-31)35-39-32-23(3)37-22(2)19-30(32)40(35)29-17-16-25(36(4,5)6)20-28(29)24-11-8-7-9-12-24;1-6-16(7-2)13-18-14-20(17-11-9-8-10-12-17)22-15-19(18)21(3,4)5;/h7-13,15-20H,1-6H3;8-11,14-16H,6-7,13H2,1-5H3;/q2*-1;. The molecule has 9 aromatic rings. The third-order valence-corrected chi connectivity index (χ3v) is 16.6. The summed E-state index contributed by atoms with van der Waals surface area (Å²) in [5.74, 6) is 8.92. The van der Waals surface area contributed by atoms with E-state index in [1.165, 1.54) is 30.4 Å². The van der Waals surface area contributed by atoms with E-state index in [4.69, 9.17) is 24.4 Å². The van der Waals surface area contributed by atoms with E-state index in [1.807, 2.05) is 57.2 Å². The smallest absolute Gasteiger partial charge is 0.139 e. The van der Waals surface area contributed by atoms with Gasteiger partial charge in [0, 0.05) is 42.7 Å². The molecule has 8 heteroatoms. The van der Waals surface area contributed by atoms with Crippen LogP contribution in [0.3, 0.4) is 0 Å². The fraction of sp³-hybridized carbons (Fsp3) is 0.286. The second-order valence-corrected chi connectivity index (χ2v) is 29.5. The van der Waals surface area contributed by atoms with E-state index < -0.39 is 13.3 Å². The van der Waals surface area contributed by atoms with Crippen LogP contribution in [0.5, 0.6) is 0 Å². The van der Waals surface area contributed by atoms with Gasteiger partial charge in [-0.15, -0.1) is 18.2 Å². The van der Waals surface area contributed by atoms with Gasteiger partial charge in [-0.3, -0.25) is 15.0 Å². The molecule has 6 nitrogen and oxygen atoms in total. The molecule has 0 amide bonds. The Morgan fingerprint density at radius 2 is 1.50 bits per heavy atom. The van der Waals surface area contributed by atoms with Gasteiger partial charge >= 0.3 is 138 Å². The second-order valence-electron chi connectivity index (χ2n) is 19.0. The van der Waals surface area contributed by atoms with E-state index in [0.29, 0.717) is 0 Å². The summed E-state index contributed by atoms with van der Waals surface area (Å²) in [4.78, 5) is 19.5. The zero-order valence-electron chi connectivity index (χ0n) is 39.1. The fourth-order valence-electron chi connectivity index (χ4n) is 8.64. The number of aryl methyl sites for hydroxylation is 3. The molecule has 0 spiro atoms. The van der Waals surface area contributed by atoms with Gasteiger partial charge in [0.1, 0.15) is 5.58 Å². The quantitative estimate of drug-likeness (QED) is 0.106. The number of pyridine rings is 3. The third-order valence-electron chi connectivity index (χ3n) is 12.2. The summed E-state index contributed by atoms with van der Waals surface area (Å²) in [6, 6.07) is 44.6. The van der Waals surface area contributed by atoms with E-state index in [9.17, 15) is 0 Å². The molecule has 0 N–H and O–H groups in total. The number of imidazole rings is 1. The molecule has 4 aromatic carbocycles. The van der Waals surface area contributed by atoms with Crippen LogP contribution in [0, 0.1) is 38.8 Å². The molecule has 64 heavy (non-hydrogen) atoms. The Hall–Kier alpha value is -5.21. The van der Waals surface area contributed by atoms with E-state index in [2.05, 4.69) is 148 Å². The first-order chi connectivity index (χ1) is 30.1. The van der Waals surface area contributed by atoms with Crippen molar-refractivity contribution in [2.24, 2.45) is 5.92 Å². The molecule has 0 saturated carbocycles. The van der Waals surface area contributed by atoms with Crippen LogP contribution in [-0.4, -0.2) is 37.8 Å². The fourth-order valence-corrected chi connectivity index (χ4v) is 12.0. The zero-order chi connectivity index (χ0) is 44.6. The SMILES string of the molecule is CCC(CC)Cc1cc(-c2[c-]cccc2)nc[c]1[Ge]([CH3])([CH3])[CH3].Cc1cc2c(nc(-c3[c-]ccc4c3oc3ccc(C)nc34)n2-c2ccc(C(C)(C)C)cc2-c2ccccc2)c(C)n1.[Ir]. The van der Waals surface area contributed by atoms with Crippen LogP contribution in [0.2, 0.25) is 17.3 Å². The number of hydrogen-bond acceptors (Lipinski definition) is 5. The normalized spacial score (nSPS) is 11.9. The average Bonchev–Trinajstić information content (AvgIpc) is 3.84. The maximum Gasteiger partial charge on any atom is 0.139 e. The van der Waals surface area contributed by atoms with Gasteiger partial charge in [-0.05, 0) is 73.0 Å². The predicted octanol–water partition coefficient (Wildman–Crippen LogP) is 14.1. The van der Waals surface area contributed by atoms with Crippen LogP contribution >= 0.6 is 0 Å². The topological polar surface area (TPSA) is 69.6 Å². The molecule has 0 unspecified atom stereocenters. The van der Waals surface area contributed by atoms with Crippen molar-refractivity contribution in [3.63, 3.8) is 0 Å². The average molecular weight is 1080 g/mol. The zero-order valence-corrected chi connectivity index (χ0v) is 43.6. The largest absolute Gasteiger partial charge is 0.499 e.